The van der Waals surface area contributed by atoms with E-state index in [-0.39, 0.29) is 22.8 Å². The summed E-state index contributed by atoms with van der Waals surface area (Å²) in [6.07, 6.45) is 16.6. The SMILES string of the molecule is CC(C)(C)CC[C@H](C1=CC=C(C(=O)O)CC1)N1C(=O)C(NC2CCCCC2)=NC12CCC(C(C)(C)C)CC2. The second-order valence-corrected chi connectivity index (χ2v) is 14.6. The minimum atomic E-state index is -0.844. The maximum absolute atomic E-state index is 14.3. The van der Waals surface area contributed by atoms with Crippen LogP contribution in [0.2, 0.25) is 0 Å². The van der Waals surface area contributed by atoms with Crippen molar-refractivity contribution in [1.29, 1.82) is 0 Å². The molecule has 2 fully saturated rings. The second-order valence-electron chi connectivity index (χ2n) is 14.6. The predicted octanol–water partition coefficient (Wildman–Crippen LogP) is 7.01. The van der Waals surface area contributed by atoms with Crippen LogP contribution in [0.4, 0.5) is 0 Å². The van der Waals surface area contributed by atoms with E-state index in [1.165, 1.54) is 24.8 Å². The number of hydrogen-bond donors (Lipinski definition) is 2. The quantitative estimate of drug-likeness (QED) is 0.391. The van der Waals surface area contributed by atoms with E-state index >= 15 is 0 Å². The van der Waals surface area contributed by atoms with Gasteiger partial charge in [-0.1, -0.05) is 73.0 Å². The van der Waals surface area contributed by atoms with Gasteiger partial charge in [-0.25, -0.2) is 9.79 Å². The van der Waals surface area contributed by atoms with Gasteiger partial charge in [-0.3, -0.25) is 4.79 Å². The van der Waals surface area contributed by atoms with Gasteiger partial charge in [-0.15, -0.1) is 0 Å². The molecule has 6 nitrogen and oxygen atoms in total. The highest BCUT2D eigenvalue weighted by Gasteiger charge is 2.53. The molecule has 4 aliphatic rings. The minimum Gasteiger partial charge on any atom is -0.478 e. The van der Waals surface area contributed by atoms with Gasteiger partial charge in [-0.2, -0.15) is 0 Å². The number of rotatable bonds is 6. The molecule has 0 radical (unpaired) electrons. The monoisotopic (exact) mass is 525 g/mol. The highest BCUT2D eigenvalue weighted by Crippen LogP contribution is 2.48. The second kappa shape index (κ2) is 11.2. The zero-order valence-corrected chi connectivity index (χ0v) is 24.7. The fraction of sp³-hybridized carbons (Fsp3) is 0.781. The zero-order valence-electron chi connectivity index (χ0n) is 24.7. The van der Waals surface area contributed by atoms with Gasteiger partial charge in [0.1, 0.15) is 5.66 Å². The van der Waals surface area contributed by atoms with Crippen LogP contribution in [0, 0.1) is 16.7 Å². The number of nitrogens with one attached hydrogen (secondary N) is 1. The van der Waals surface area contributed by atoms with Crippen LogP contribution in [0.5, 0.6) is 0 Å². The zero-order chi connectivity index (χ0) is 27.7. The van der Waals surface area contributed by atoms with Gasteiger partial charge >= 0.3 is 5.97 Å². The number of amides is 1. The summed E-state index contributed by atoms with van der Waals surface area (Å²) in [4.78, 5) is 33.4. The Balaban J connectivity index is 1.69. The van der Waals surface area contributed by atoms with Gasteiger partial charge in [-0.05, 0) is 86.5 Å². The van der Waals surface area contributed by atoms with Gasteiger partial charge < -0.3 is 15.3 Å². The van der Waals surface area contributed by atoms with Crippen molar-refractivity contribution < 1.29 is 14.7 Å². The number of aliphatic imine (C=N–C) groups is 1. The van der Waals surface area contributed by atoms with Crippen LogP contribution in [0.1, 0.15) is 125 Å². The summed E-state index contributed by atoms with van der Waals surface area (Å²) in [5.74, 6) is 0.407. The first-order valence-electron chi connectivity index (χ1n) is 15.1. The third kappa shape index (κ3) is 6.54. The molecule has 1 atom stereocenters. The van der Waals surface area contributed by atoms with Crippen LogP contribution in [-0.4, -0.2) is 45.5 Å². The van der Waals surface area contributed by atoms with Crippen LogP contribution in [-0.2, 0) is 9.59 Å². The molecule has 0 bridgehead atoms. The lowest BCUT2D eigenvalue weighted by Crippen LogP contribution is -2.56. The van der Waals surface area contributed by atoms with E-state index in [1.54, 1.807) is 6.08 Å². The first kappa shape index (κ1) is 28.9. The Morgan fingerprint density at radius 1 is 1.05 bits per heavy atom. The Morgan fingerprint density at radius 3 is 2.24 bits per heavy atom. The topological polar surface area (TPSA) is 82.0 Å². The van der Waals surface area contributed by atoms with Gasteiger partial charge in [0.25, 0.3) is 5.91 Å². The summed E-state index contributed by atoms with van der Waals surface area (Å²) in [5.41, 5.74) is 1.51. The highest BCUT2D eigenvalue weighted by molar-refractivity contribution is 6.39. The van der Waals surface area contributed by atoms with Crippen LogP contribution < -0.4 is 5.32 Å². The highest BCUT2D eigenvalue weighted by atomic mass is 16.4. The molecule has 1 spiro atoms. The molecule has 2 N–H and O–H groups in total. The molecular weight excluding hydrogens is 474 g/mol. The lowest BCUT2D eigenvalue weighted by atomic mass is 9.69. The van der Waals surface area contributed by atoms with E-state index < -0.39 is 11.6 Å². The Bertz CT molecular complexity index is 980. The summed E-state index contributed by atoms with van der Waals surface area (Å²) in [6, 6.07) is 0.270. The molecule has 212 valence electrons. The van der Waals surface area contributed by atoms with E-state index in [0.717, 1.165) is 51.4 Å². The van der Waals surface area contributed by atoms with Crippen molar-refractivity contribution in [1.82, 2.24) is 10.2 Å². The van der Waals surface area contributed by atoms with E-state index in [4.69, 9.17) is 4.99 Å². The summed E-state index contributed by atoms with van der Waals surface area (Å²) in [7, 11) is 0. The molecule has 0 aromatic rings. The maximum Gasteiger partial charge on any atom is 0.331 e. The average molecular weight is 526 g/mol. The maximum atomic E-state index is 14.3. The normalized spacial score (nSPS) is 28.2. The number of hydrogen-bond acceptors (Lipinski definition) is 4. The summed E-state index contributed by atoms with van der Waals surface area (Å²) < 4.78 is 0. The number of allylic oxidation sites excluding steroid dienone is 2. The van der Waals surface area contributed by atoms with E-state index in [2.05, 4.69) is 51.8 Å². The fourth-order valence-electron chi connectivity index (χ4n) is 7.04. The molecule has 1 aliphatic heterocycles. The minimum absolute atomic E-state index is 0.0533. The van der Waals surface area contributed by atoms with Crippen molar-refractivity contribution >= 4 is 17.7 Å². The van der Waals surface area contributed by atoms with Crippen LogP contribution in [0.3, 0.4) is 0 Å². The third-order valence-corrected chi connectivity index (χ3v) is 9.51. The molecule has 0 unspecified atom stereocenters. The largest absolute Gasteiger partial charge is 0.478 e. The van der Waals surface area contributed by atoms with Gasteiger partial charge in [0.2, 0.25) is 0 Å². The molecule has 2 saturated carbocycles. The van der Waals surface area contributed by atoms with E-state index in [1.807, 2.05) is 6.08 Å². The number of carbonyl (C=O) groups excluding carboxylic acids is 1. The van der Waals surface area contributed by atoms with Crippen LogP contribution >= 0.6 is 0 Å². The molecule has 1 amide bonds. The molecule has 0 aromatic carbocycles. The first-order chi connectivity index (χ1) is 17.8. The molecule has 0 aromatic heterocycles. The van der Waals surface area contributed by atoms with Crippen molar-refractivity contribution in [2.45, 2.75) is 143 Å². The third-order valence-electron chi connectivity index (χ3n) is 9.51. The Kier molecular flexibility index (Phi) is 8.49. The molecular formula is C32H51N3O3. The van der Waals surface area contributed by atoms with Crippen LogP contribution in [0.25, 0.3) is 0 Å². The Hall–Kier alpha value is -2.11. The van der Waals surface area contributed by atoms with Crippen LogP contribution in [0.15, 0.2) is 28.3 Å². The number of carboxylic acids is 1. The standard InChI is InChI=1S/C32H51N3O3/c1-30(2,3)19-18-26(22-12-14-23(15-13-22)29(37)38)35-28(36)27(33-25-10-8-7-9-11-25)34-32(35)20-16-24(17-21-32)31(4,5)6/h12,14,24-26H,7-11,13,15-21H2,1-6H3,(H,33,34)(H,37,38)/t24?,26-,32?/m1/s1. The number of carboxylic acid groups (broad SMARTS) is 1. The van der Waals surface area contributed by atoms with Crippen molar-refractivity contribution in [3.8, 4) is 0 Å². The number of nitrogens with zero attached hydrogens (tertiary/aromatic N) is 2. The van der Waals surface area contributed by atoms with E-state index in [0.29, 0.717) is 36.2 Å². The van der Waals surface area contributed by atoms with E-state index in [9.17, 15) is 14.7 Å². The number of aliphatic carboxylic acids is 1. The first-order valence-corrected chi connectivity index (χ1v) is 15.1. The molecule has 6 heteroatoms. The van der Waals surface area contributed by atoms with Gasteiger partial charge in [0.15, 0.2) is 5.84 Å². The lowest BCUT2D eigenvalue weighted by molar-refractivity contribution is -0.134. The average Bonchev–Trinajstić information content (AvgIpc) is 3.10. The van der Waals surface area contributed by atoms with Gasteiger partial charge in [0.05, 0.1) is 6.04 Å². The molecule has 38 heavy (non-hydrogen) atoms. The Morgan fingerprint density at radius 2 is 1.71 bits per heavy atom. The lowest BCUT2D eigenvalue weighted by Gasteiger charge is -2.48. The van der Waals surface area contributed by atoms with Crippen molar-refractivity contribution in [2.24, 2.45) is 21.7 Å². The van der Waals surface area contributed by atoms with Gasteiger partial charge in [0, 0.05) is 11.6 Å². The van der Waals surface area contributed by atoms with Crippen molar-refractivity contribution in [3.63, 3.8) is 0 Å². The molecule has 4 rings (SSSR count). The predicted molar refractivity (Wildman–Crippen MR) is 154 cm³/mol. The summed E-state index contributed by atoms with van der Waals surface area (Å²) in [5, 5.41) is 13.1. The fourth-order valence-corrected chi connectivity index (χ4v) is 7.04. The van der Waals surface area contributed by atoms with Crippen molar-refractivity contribution in [3.05, 3.63) is 23.3 Å². The smallest absolute Gasteiger partial charge is 0.331 e. The summed E-state index contributed by atoms with van der Waals surface area (Å²) >= 11 is 0. The number of carbonyl (C=O) groups is 2. The molecule has 0 saturated heterocycles. The molecule has 1 heterocycles. The molecule has 3 aliphatic carbocycles. The van der Waals surface area contributed by atoms with Crippen molar-refractivity contribution in [2.75, 3.05) is 0 Å². The Labute approximate surface area is 230 Å². The number of amidine groups is 1. The summed E-state index contributed by atoms with van der Waals surface area (Å²) in [6.45, 7) is 13.8.